The van der Waals surface area contributed by atoms with Crippen LogP contribution in [0.1, 0.15) is 36.1 Å². The number of halogens is 1. The van der Waals surface area contributed by atoms with Gasteiger partial charge in [0.1, 0.15) is 0 Å². The third-order valence-corrected chi connectivity index (χ3v) is 5.79. The lowest BCUT2D eigenvalue weighted by Crippen LogP contribution is -2.37. The van der Waals surface area contributed by atoms with Gasteiger partial charge in [0, 0.05) is 29.9 Å². The number of rotatable bonds is 2. The highest BCUT2D eigenvalue weighted by molar-refractivity contribution is 7.10. The lowest BCUT2D eigenvalue weighted by Gasteiger charge is -2.34. The molecule has 2 atom stereocenters. The zero-order valence-corrected chi connectivity index (χ0v) is 11.8. The van der Waals surface area contributed by atoms with Crippen molar-refractivity contribution in [3.05, 3.63) is 21.9 Å². The quantitative estimate of drug-likeness (QED) is 0.736. The highest BCUT2D eigenvalue weighted by atomic mass is 35.5. The van der Waals surface area contributed by atoms with Gasteiger partial charge in [0.2, 0.25) is 0 Å². The summed E-state index contributed by atoms with van der Waals surface area (Å²) in [5.74, 6) is 0.727. The molecule has 3 heteroatoms. The topological polar surface area (TPSA) is 3.24 Å². The summed E-state index contributed by atoms with van der Waals surface area (Å²) in [7, 11) is 0. The van der Waals surface area contributed by atoms with Crippen LogP contribution in [-0.4, -0.2) is 23.4 Å². The molecule has 1 saturated carbocycles. The Kier molecular flexibility index (Phi) is 3.74. The molecule has 1 aromatic rings. The number of thiophene rings is 1. The van der Waals surface area contributed by atoms with Crippen molar-refractivity contribution in [1.29, 1.82) is 0 Å². The van der Waals surface area contributed by atoms with Crippen molar-refractivity contribution in [1.82, 2.24) is 4.90 Å². The predicted octanol–water partition coefficient (Wildman–Crippen LogP) is 3.90. The van der Waals surface area contributed by atoms with Crippen molar-refractivity contribution in [2.45, 2.75) is 44.0 Å². The Labute approximate surface area is 113 Å². The molecule has 2 heterocycles. The highest BCUT2D eigenvalue weighted by Crippen LogP contribution is 2.31. The Morgan fingerprint density at radius 1 is 1.35 bits per heavy atom. The molecule has 0 radical (unpaired) electrons. The van der Waals surface area contributed by atoms with Crippen LogP contribution in [0.2, 0.25) is 0 Å². The number of alkyl halides is 1. The van der Waals surface area contributed by atoms with Crippen molar-refractivity contribution in [3.63, 3.8) is 0 Å². The van der Waals surface area contributed by atoms with Crippen molar-refractivity contribution in [3.8, 4) is 0 Å². The molecule has 0 amide bonds. The average molecular weight is 270 g/mol. The molecule has 1 aromatic heterocycles. The van der Waals surface area contributed by atoms with Crippen LogP contribution in [0.3, 0.4) is 0 Å². The van der Waals surface area contributed by atoms with Crippen LogP contribution in [0, 0.1) is 5.92 Å². The Balaban J connectivity index is 1.60. The minimum absolute atomic E-state index is 0.424. The molecule has 94 valence electrons. The zero-order chi connectivity index (χ0) is 11.7. The van der Waals surface area contributed by atoms with E-state index in [4.69, 9.17) is 11.6 Å². The first-order valence-electron chi connectivity index (χ1n) is 6.74. The largest absolute Gasteiger partial charge is 0.298 e. The molecular formula is C14H20ClNS. The van der Waals surface area contributed by atoms with E-state index in [0.29, 0.717) is 5.38 Å². The second-order valence-electron chi connectivity index (χ2n) is 5.41. The van der Waals surface area contributed by atoms with Crippen molar-refractivity contribution in [2.75, 3.05) is 13.1 Å². The summed E-state index contributed by atoms with van der Waals surface area (Å²) in [6, 6.07) is 2.30. The monoisotopic (exact) mass is 269 g/mol. The minimum Gasteiger partial charge on any atom is -0.298 e. The predicted molar refractivity (Wildman–Crippen MR) is 74.9 cm³/mol. The Bertz CT molecular complexity index is 376. The van der Waals surface area contributed by atoms with Gasteiger partial charge in [-0.05, 0) is 42.2 Å². The molecule has 0 saturated heterocycles. The van der Waals surface area contributed by atoms with E-state index in [-0.39, 0.29) is 0 Å². The fourth-order valence-corrected chi connectivity index (χ4v) is 4.41. The molecule has 2 unspecified atom stereocenters. The van der Waals surface area contributed by atoms with Gasteiger partial charge in [0.15, 0.2) is 0 Å². The molecule has 1 nitrogen and oxygen atoms in total. The zero-order valence-electron chi connectivity index (χ0n) is 10.2. The molecule has 1 aliphatic heterocycles. The van der Waals surface area contributed by atoms with Gasteiger partial charge < -0.3 is 0 Å². The molecule has 3 rings (SSSR count). The van der Waals surface area contributed by atoms with Crippen LogP contribution in [0.4, 0.5) is 0 Å². The van der Waals surface area contributed by atoms with E-state index in [1.54, 1.807) is 10.4 Å². The lowest BCUT2D eigenvalue weighted by molar-refractivity contribution is 0.190. The summed E-state index contributed by atoms with van der Waals surface area (Å²) in [6.45, 7) is 3.59. The maximum atomic E-state index is 6.46. The summed E-state index contributed by atoms with van der Waals surface area (Å²) in [5.41, 5.74) is 1.56. The fraction of sp³-hybridized carbons (Fsp3) is 0.714. The van der Waals surface area contributed by atoms with Crippen LogP contribution in [0.5, 0.6) is 0 Å². The van der Waals surface area contributed by atoms with E-state index in [9.17, 15) is 0 Å². The van der Waals surface area contributed by atoms with E-state index in [1.807, 2.05) is 11.3 Å². The summed E-state index contributed by atoms with van der Waals surface area (Å²) < 4.78 is 0. The van der Waals surface area contributed by atoms with Crippen LogP contribution in [0.25, 0.3) is 0 Å². The van der Waals surface area contributed by atoms with Gasteiger partial charge >= 0.3 is 0 Å². The van der Waals surface area contributed by atoms with Crippen molar-refractivity contribution in [2.24, 2.45) is 5.92 Å². The second kappa shape index (κ2) is 5.29. The van der Waals surface area contributed by atoms with Gasteiger partial charge in [0.05, 0.1) is 0 Å². The van der Waals surface area contributed by atoms with Crippen molar-refractivity contribution < 1.29 is 0 Å². The maximum absolute atomic E-state index is 6.46. The summed E-state index contributed by atoms with van der Waals surface area (Å²) in [4.78, 5) is 4.22. The second-order valence-corrected chi connectivity index (χ2v) is 6.98. The molecule has 1 aliphatic carbocycles. The number of nitrogens with zero attached hydrogens (tertiary/aromatic N) is 1. The maximum Gasteiger partial charge on any atom is 0.0376 e. The SMILES string of the molecule is ClC1CCCCC1CN1CCc2sccc2C1. The molecular weight excluding hydrogens is 250 g/mol. The molecule has 2 aliphatic rings. The van der Waals surface area contributed by atoms with Crippen LogP contribution in [-0.2, 0) is 13.0 Å². The number of fused-ring (bicyclic) bond motifs is 1. The standard InChI is InChI=1S/C14H20ClNS/c15-13-4-2-1-3-11(13)9-16-7-5-14-12(10-16)6-8-17-14/h6,8,11,13H,1-5,7,9-10H2. The molecule has 0 spiro atoms. The van der Waals surface area contributed by atoms with Gasteiger partial charge in [-0.3, -0.25) is 4.90 Å². The van der Waals surface area contributed by atoms with E-state index in [2.05, 4.69) is 16.3 Å². The van der Waals surface area contributed by atoms with E-state index in [1.165, 1.54) is 45.2 Å². The summed E-state index contributed by atoms with van der Waals surface area (Å²) >= 11 is 8.38. The van der Waals surface area contributed by atoms with Gasteiger partial charge in [-0.2, -0.15) is 0 Å². The van der Waals surface area contributed by atoms with Crippen LogP contribution < -0.4 is 0 Å². The highest BCUT2D eigenvalue weighted by Gasteiger charge is 2.26. The average Bonchev–Trinajstić information content (AvgIpc) is 2.79. The smallest absolute Gasteiger partial charge is 0.0376 e. The molecule has 0 aromatic carbocycles. The van der Waals surface area contributed by atoms with Gasteiger partial charge in [-0.25, -0.2) is 0 Å². The van der Waals surface area contributed by atoms with Gasteiger partial charge in [-0.1, -0.05) is 12.8 Å². The third-order valence-electron chi connectivity index (χ3n) is 4.20. The number of hydrogen-bond donors (Lipinski definition) is 0. The van der Waals surface area contributed by atoms with E-state index >= 15 is 0 Å². The Morgan fingerprint density at radius 2 is 2.24 bits per heavy atom. The van der Waals surface area contributed by atoms with E-state index in [0.717, 1.165) is 12.5 Å². The molecule has 0 bridgehead atoms. The minimum atomic E-state index is 0.424. The molecule has 0 N–H and O–H groups in total. The lowest BCUT2D eigenvalue weighted by atomic mass is 9.88. The van der Waals surface area contributed by atoms with E-state index < -0.39 is 0 Å². The number of hydrogen-bond acceptors (Lipinski definition) is 2. The fourth-order valence-electron chi connectivity index (χ4n) is 3.16. The Morgan fingerprint density at radius 3 is 3.12 bits per heavy atom. The first kappa shape index (κ1) is 12.0. The van der Waals surface area contributed by atoms with Crippen molar-refractivity contribution >= 4 is 22.9 Å². The van der Waals surface area contributed by atoms with Gasteiger partial charge in [-0.15, -0.1) is 22.9 Å². The molecule has 17 heavy (non-hydrogen) atoms. The van der Waals surface area contributed by atoms with Crippen LogP contribution in [0.15, 0.2) is 11.4 Å². The van der Waals surface area contributed by atoms with Gasteiger partial charge in [0.25, 0.3) is 0 Å². The third kappa shape index (κ3) is 2.69. The van der Waals surface area contributed by atoms with Crippen LogP contribution >= 0.6 is 22.9 Å². The first-order valence-corrected chi connectivity index (χ1v) is 8.06. The summed E-state index contributed by atoms with van der Waals surface area (Å²) in [5, 5.41) is 2.66. The molecule has 1 fully saturated rings. The Hall–Kier alpha value is -0.0500. The first-order chi connectivity index (χ1) is 8.33. The summed E-state index contributed by atoms with van der Waals surface area (Å²) in [6.07, 6.45) is 6.52. The normalized spacial score (nSPS) is 30.2.